The summed E-state index contributed by atoms with van der Waals surface area (Å²) in [5.74, 6) is -7.76. The van der Waals surface area contributed by atoms with Gasteiger partial charge in [-0.15, -0.1) is 0 Å². The van der Waals surface area contributed by atoms with Crippen molar-refractivity contribution < 1.29 is 43.5 Å². The Balaban J connectivity index is 3.38. The Bertz CT molecular complexity index is 1380. The van der Waals surface area contributed by atoms with Crippen LogP contribution in [0.3, 0.4) is 0 Å². The third-order valence-corrected chi connectivity index (χ3v) is 8.48. The molecule has 284 valence electrons. The summed E-state index contributed by atoms with van der Waals surface area (Å²) in [7, 11) is 0. The Labute approximate surface area is 304 Å². The molecular formula is C34H53N7O9S. The van der Waals surface area contributed by atoms with Crippen molar-refractivity contribution in [1.82, 2.24) is 31.9 Å². The van der Waals surface area contributed by atoms with Crippen LogP contribution in [-0.2, 0) is 38.4 Å². The second kappa shape index (κ2) is 22.2. The molecule has 1 aromatic carbocycles. The molecule has 0 saturated heterocycles. The van der Waals surface area contributed by atoms with Gasteiger partial charge < -0.3 is 42.7 Å². The Kier molecular flexibility index (Phi) is 19.3. The number of benzene rings is 1. The molecule has 2 unspecified atom stereocenters. The normalized spacial score (nSPS) is 15.1. The third kappa shape index (κ3) is 15.0. The number of amides is 7. The molecule has 1 rings (SSSR count). The number of carbonyl (C=O) groups excluding carboxylic acids is 7. The molecule has 7 atom stereocenters. The quantitative estimate of drug-likeness (QED) is 0.0730. The fourth-order valence-electron chi connectivity index (χ4n) is 4.95. The SMILES string of the molecule is CCCC[C@H](NC(C)=O)C(=O)N[C@H](C(=O)N[C@H](C(=O)NC(C(=O)N[C@@H](CC(=O)O)C(=O)N[C@@H](CS)C(N)=O)c1ccccc1)C(C)CC)C(C)C. The van der Waals surface area contributed by atoms with E-state index < -0.39 is 102 Å². The molecule has 16 nitrogen and oxygen atoms in total. The highest BCUT2D eigenvalue weighted by Crippen LogP contribution is 2.17. The first-order chi connectivity index (χ1) is 24.0. The fraction of sp³-hybridized carbons (Fsp3) is 0.588. The van der Waals surface area contributed by atoms with E-state index in [9.17, 15) is 43.5 Å². The van der Waals surface area contributed by atoms with Crippen molar-refractivity contribution in [2.24, 2.45) is 17.6 Å². The fourth-order valence-corrected chi connectivity index (χ4v) is 5.22. The molecule has 0 saturated carbocycles. The van der Waals surface area contributed by atoms with Crippen LogP contribution in [0, 0.1) is 11.8 Å². The van der Waals surface area contributed by atoms with Crippen molar-refractivity contribution >= 4 is 59.9 Å². The molecule has 7 amide bonds. The Morgan fingerprint density at radius 1 is 0.725 bits per heavy atom. The lowest BCUT2D eigenvalue weighted by Crippen LogP contribution is -2.60. The zero-order chi connectivity index (χ0) is 38.8. The van der Waals surface area contributed by atoms with E-state index in [4.69, 9.17) is 5.73 Å². The number of primary amides is 1. The van der Waals surface area contributed by atoms with Crippen molar-refractivity contribution in [2.75, 3.05) is 5.75 Å². The molecule has 0 bridgehead atoms. The zero-order valence-electron chi connectivity index (χ0n) is 30.0. The average Bonchev–Trinajstić information content (AvgIpc) is 3.07. The summed E-state index contributed by atoms with van der Waals surface area (Å²) >= 11 is 3.96. The van der Waals surface area contributed by atoms with Crippen LogP contribution in [0.5, 0.6) is 0 Å². The number of carbonyl (C=O) groups is 8. The third-order valence-electron chi connectivity index (χ3n) is 8.12. The summed E-state index contributed by atoms with van der Waals surface area (Å²) in [6, 6.07) is 0.433. The van der Waals surface area contributed by atoms with Crippen LogP contribution in [0.2, 0.25) is 0 Å². The minimum atomic E-state index is -1.67. The Morgan fingerprint density at radius 3 is 1.76 bits per heavy atom. The standard InChI is InChI=1S/C34H53N7O9S/c1-7-9-15-22(36-20(6)42)30(46)39-26(18(3)4)32(48)40-27(19(5)8-2)33(49)41-28(21-13-11-10-12-14-21)34(50)37-23(16-25(43)44)31(47)38-24(17-51)29(35)45/h10-14,18-19,22-24,26-28,51H,7-9,15-17H2,1-6H3,(H2,35,45)(H,36,42)(H,37,50)(H,38,47)(H,39,46)(H,40,48)(H,41,49)(H,43,44)/t19?,22-,23-,24-,26-,27-,28?/m0/s1. The average molecular weight is 736 g/mol. The number of carboxylic acids is 1. The smallest absolute Gasteiger partial charge is 0.305 e. The number of unbranched alkanes of at least 4 members (excludes halogenated alkanes) is 1. The number of carboxylic acid groups (broad SMARTS) is 1. The van der Waals surface area contributed by atoms with Gasteiger partial charge in [-0.2, -0.15) is 12.6 Å². The van der Waals surface area contributed by atoms with Gasteiger partial charge in [-0.25, -0.2) is 0 Å². The highest BCUT2D eigenvalue weighted by molar-refractivity contribution is 7.80. The summed E-state index contributed by atoms with van der Waals surface area (Å²) in [5, 5.41) is 24.7. The highest BCUT2D eigenvalue weighted by Gasteiger charge is 2.36. The molecule has 0 aliphatic rings. The van der Waals surface area contributed by atoms with E-state index >= 15 is 0 Å². The zero-order valence-corrected chi connectivity index (χ0v) is 30.9. The number of nitrogens with one attached hydrogen (secondary N) is 6. The van der Waals surface area contributed by atoms with Crippen LogP contribution in [0.25, 0.3) is 0 Å². The second-order valence-corrected chi connectivity index (χ2v) is 13.0. The summed E-state index contributed by atoms with van der Waals surface area (Å²) in [6.07, 6.45) is 1.37. The highest BCUT2D eigenvalue weighted by atomic mass is 32.1. The summed E-state index contributed by atoms with van der Waals surface area (Å²) in [5.41, 5.74) is 5.54. The van der Waals surface area contributed by atoms with Crippen molar-refractivity contribution in [3.63, 3.8) is 0 Å². The minimum Gasteiger partial charge on any atom is -0.481 e. The van der Waals surface area contributed by atoms with Crippen molar-refractivity contribution in [3.05, 3.63) is 35.9 Å². The van der Waals surface area contributed by atoms with Crippen molar-refractivity contribution in [3.8, 4) is 0 Å². The van der Waals surface area contributed by atoms with E-state index in [0.717, 1.165) is 6.42 Å². The maximum atomic E-state index is 13.9. The summed E-state index contributed by atoms with van der Waals surface area (Å²) in [6.45, 7) is 10.2. The lowest BCUT2D eigenvalue weighted by molar-refractivity contribution is -0.141. The van der Waals surface area contributed by atoms with Gasteiger partial charge in [0, 0.05) is 12.7 Å². The van der Waals surface area contributed by atoms with Gasteiger partial charge in [0.2, 0.25) is 41.4 Å². The van der Waals surface area contributed by atoms with E-state index in [1.165, 1.54) is 19.1 Å². The molecule has 0 aliphatic carbocycles. The van der Waals surface area contributed by atoms with Crippen molar-refractivity contribution in [2.45, 2.75) is 110 Å². The topological polar surface area (TPSA) is 255 Å². The monoisotopic (exact) mass is 735 g/mol. The largest absolute Gasteiger partial charge is 0.481 e. The Morgan fingerprint density at radius 2 is 1.27 bits per heavy atom. The first kappa shape index (κ1) is 44.4. The Hall–Kier alpha value is -4.67. The predicted octanol–water partition coefficient (Wildman–Crippen LogP) is 0.0699. The summed E-state index contributed by atoms with van der Waals surface area (Å²) < 4.78 is 0. The number of rotatable bonds is 22. The van der Waals surface area contributed by atoms with E-state index in [1.54, 1.807) is 45.9 Å². The lowest BCUT2D eigenvalue weighted by Gasteiger charge is -2.30. The molecule has 0 heterocycles. The molecule has 0 spiro atoms. The maximum Gasteiger partial charge on any atom is 0.305 e. The van der Waals surface area contributed by atoms with Gasteiger partial charge >= 0.3 is 5.97 Å². The van der Waals surface area contributed by atoms with Crippen LogP contribution < -0.4 is 37.6 Å². The number of nitrogens with two attached hydrogens (primary N) is 1. The number of thiol groups is 1. The molecule has 0 radical (unpaired) electrons. The first-order valence-corrected chi connectivity index (χ1v) is 17.6. The van der Waals surface area contributed by atoms with E-state index in [-0.39, 0.29) is 11.3 Å². The van der Waals surface area contributed by atoms with E-state index in [2.05, 4.69) is 44.5 Å². The van der Waals surface area contributed by atoms with Crippen molar-refractivity contribution in [1.29, 1.82) is 0 Å². The van der Waals surface area contributed by atoms with Gasteiger partial charge in [-0.05, 0) is 23.8 Å². The molecule has 9 N–H and O–H groups in total. The molecule has 0 aliphatic heterocycles. The van der Waals surface area contributed by atoms with E-state index in [0.29, 0.717) is 19.3 Å². The molecule has 0 fully saturated rings. The van der Waals surface area contributed by atoms with Crippen LogP contribution in [0.15, 0.2) is 30.3 Å². The molecule has 1 aromatic rings. The molecule has 17 heteroatoms. The van der Waals surface area contributed by atoms with Gasteiger partial charge in [-0.1, -0.05) is 84.2 Å². The number of hydrogen-bond acceptors (Lipinski definition) is 9. The minimum absolute atomic E-state index is 0.184. The number of aliphatic carboxylic acids is 1. The van der Waals surface area contributed by atoms with Crippen LogP contribution in [0.1, 0.15) is 85.3 Å². The number of hydrogen-bond donors (Lipinski definition) is 9. The van der Waals surface area contributed by atoms with Gasteiger partial charge in [0.05, 0.1) is 6.42 Å². The molecular weight excluding hydrogens is 682 g/mol. The van der Waals surface area contributed by atoms with Gasteiger partial charge in [-0.3, -0.25) is 38.4 Å². The van der Waals surface area contributed by atoms with E-state index in [1.807, 2.05) is 6.92 Å². The maximum absolute atomic E-state index is 13.9. The molecule has 0 aromatic heterocycles. The van der Waals surface area contributed by atoms with Crippen LogP contribution in [-0.4, -0.2) is 88.4 Å². The van der Waals surface area contributed by atoms with Crippen LogP contribution >= 0.6 is 12.6 Å². The van der Waals surface area contributed by atoms with Crippen LogP contribution in [0.4, 0.5) is 0 Å². The van der Waals surface area contributed by atoms with Gasteiger partial charge in [0.1, 0.15) is 36.3 Å². The second-order valence-electron chi connectivity index (χ2n) is 12.7. The van der Waals surface area contributed by atoms with Gasteiger partial charge in [0.25, 0.3) is 0 Å². The summed E-state index contributed by atoms with van der Waals surface area (Å²) in [4.78, 5) is 102. The lowest BCUT2D eigenvalue weighted by atomic mass is 9.95. The predicted molar refractivity (Wildman–Crippen MR) is 192 cm³/mol. The molecule has 51 heavy (non-hydrogen) atoms. The first-order valence-electron chi connectivity index (χ1n) is 16.9. The van der Waals surface area contributed by atoms with Gasteiger partial charge in [0.15, 0.2) is 0 Å².